The lowest BCUT2D eigenvalue weighted by Gasteiger charge is -1.90. The molecule has 0 atom stereocenters. The van der Waals surface area contributed by atoms with E-state index in [4.69, 9.17) is 5.02 Å². The van der Waals surface area contributed by atoms with Gasteiger partial charge in [0.2, 0.25) is 0 Å². The second-order valence-electron chi connectivity index (χ2n) is 1.57. The molecule has 0 aliphatic carbocycles. The average Bonchev–Trinajstić information content (AvgIpc) is 2.17. The van der Waals surface area contributed by atoms with Crippen LogP contribution in [-0.2, 0) is 7.05 Å². The fraction of sp³-hybridized carbons (Fsp3) is 0.250. The first-order valence-electron chi connectivity index (χ1n) is 2.44. The molecule has 1 aromatic rings. The van der Waals surface area contributed by atoms with Crippen molar-refractivity contribution in [2.45, 2.75) is 0 Å². The molecular weight excluding hydrogens is 119 g/mol. The largest absolute Gasteiger partial charge is 0.569 e. The van der Waals surface area contributed by atoms with Crippen LogP contribution in [0.15, 0.2) is 12.4 Å². The van der Waals surface area contributed by atoms with Crippen molar-refractivity contribution in [2.75, 3.05) is 0 Å². The number of hydrogen-bond donors (Lipinski definition) is 1. The van der Waals surface area contributed by atoms with Gasteiger partial charge in [-0.1, -0.05) is 0 Å². The molecule has 1 rings (SSSR count). The van der Waals surface area contributed by atoms with Crippen molar-refractivity contribution >= 4 is 7.69 Å². The number of hydrogen-bond acceptors (Lipinski definition) is 3. The third kappa shape index (κ3) is 1.46. The first-order chi connectivity index (χ1) is 4.33. The number of rotatable bonds is 2. The normalized spacial score (nSPS) is 9.11. The second kappa shape index (κ2) is 2.54. The molecule has 0 fully saturated rings. The highest BCUT2D eigenvalue weighted by atomic mass is 16.5. The van der Waals surface area contributed by atoms with Crippen LogP contribution in [0.4, 0.5) is 0 Å². The Bertz CT molecular complexity index is 188. The van der Waals surface area contributed by atoms with Crippen molar-refractivity contribution in [1.82, 2.24) is 9.78 Å². The minimum atomic E-state index is 0.528. The van der Waals surface area contributed by atoms with E-state index < -0.39 is 0 Å². The molecule has 1 N–H and O–H groups in total. The molecule has 0 amide bonds. The molecule has 5 heteroatoms. The van der Waals surface area contributed by atoms with Gasteiger partial charge < -0.3 is 9.68 Å². The van der Waals surface area contributed by atoms with Gasteiger partial charge in [0.1, 0.15) is 5.75 Å². The Kier molecular flexibility index (Phi) is 1.74. The lowest BCUT2D eigenvalue weighted by atomic mass is 10.4. The summed E-state index contributed by atoms with van der Waals surface area (Å²) in [5, 5.41) is 11.9. The SMILES string of the molecule is Cn1cc(O[B]O)cn1. The summed E-state index contributed by atoms with van der Waals surface area (Å²) in [5.74, 6) is 0.528. The third-order valence-electron chi connectivity index (χ3n) is 0.870. The maximum absolute atomic E-state index is 8.14. The molecule has 0 aliphatic heterocycles. The van der Waals surface area contributed by atoms with E-state index in [0.717, 1.165) is 0 Å². The Morgan fingerprint density at radius 2 is 2.67 bits per heavy atom. The van der Waals surface area contributed by atoms with Crippen LogP contribution < -0.4 is 4.65 Å². The van der Waals surface area contributed by atoms with Gasteiger partial charge in [-0.25, -0.2) is 0 Å². The molecule has 0 bridgehead atoms. The van der Waals surface area contributed by atoms with E-state index in [2.05, 4.69) is 9.75 Å². The molecule has 4 nitrogen and oxygen atoms in total. The number of aromatic nitrogens is 2. The van der Waals surface area contributed by atoms with Crippen LogP contribution in [0.3, 0.4) is 0 Å². The predicted octanol–water partition coefficient (Wildman–Crippen LogP) is -0.675. The van der Waals surface area contributed by atoms with Gasteiger partial charge in [-0.2, -0.15) is 5.10 Å². The van der Waals surface area contributed by atoms with Gasteiger partial charge in [0, 0.05) is 7.05 Å². The van der Waals surface area contributed by atoms with Crippen molar-refractivity contribution in [3.63, 3.8) is 0 Å². The maximum atomic E-state index is 8.14. The van der Waals surface area contributed by atoms with Gasteiger partial charge in [-0.3, -0.25) is 4.68 Å². The minimum Gasteiger partial charge on any atom is -0.535 e. The van der Waals surface area contributed by atoms with E-state index in [1.54, 1.807) is 17.9 Å². The van der Waals surface area contributed by atoms with Crippen LogP contribution >= 0.6 is 0 Å². The van der Waals surface area contributed by atoms with Crippen LogP contribution in [0.2, 0.25) is 0 Å². The van der Waals surface area contributed by atoms with E-state index in [1.165, 1.54) is 6.20 Å². The Labute approximate surface area is 53.4 Å². The van der Waals surface area contributed by atoms with Crippen LogP contribution in [0.25, 0.3) is 0 Å². The molecule has 0 saturated carbocycles. The molecule has 0 spiro atoms. The van der Waals surface area contributed by atoms with E-state index in [-0.39, 0.29) is 0 Å². The molecule has 47 valence electrons. The van der Waals surface area contributed by atoms with Crippen molar-refractivity contribution < 1.29 is 9.68 Å². The highest BCUT2D eigenvalue weighted by Crippen LogP contribution is 2.04. The van der Waals surface area contributed by atoms with E-state index >= 15 is 0 Å². The zero-order valence-corrected chi connectivity index (χ0v) is 4.98. The fourth-order valence-electron chi connectivity index (χ4n) is 0.520. The zero-order valence-electron chi connectivity index (χ0n) is 4.98. The third-order valence-corrected chi connectivity index (χ3v) is 0.870. The van der Waals surface area contributed by atoms with Gasteiger partial charge in [-0.05, 0) is 0 Å². The van der Waals surface area contributed by atoms with E-state index in [0.29, 0.717) is 13.4 Å². The monoisotopic (exact) mass is 125 g/mol. The van der Waals surface area contributed by atoms with Gasteiger partial charge in [0.25, 0.3) is 0 Å². The smallest absolute Gasteiger partial charge is 0.535 e. The maximum Gasteiger partial charge on any atom is 0.569 e. The molecule has 0 aromatic carbocycles. The van der Waals surface area contributed by atoms with Gasteiger partial charge in [-0.15, -0.1) is 0 Å². The molecule has 0 saturated heterocycles. The first kappa shape index (κ1) is 6.16. The molecule has 0 aliphatic rings. The van der Waals surface area contributed by atoms with Crippen LogP contribution in [0, 0.1) is 0 Å². The van der Waals surface area contributed by atoms with Crippen molar-refractivity contribution in [2.24, 2.45) is 7.05 Å². The van der Waals surface area contributed by atoms with E-state index in [1.807, 2.05) is 0 Å². The summed E-state index contributed by atoms with van der Waals surface area (Å²) in [5.41, 5.74) is 0. The highest BCUT2D eigenvalue weighted by Gasteiger charge is 1.94. The minimum absolute atomic E-state index is 0.528. The Hall–Kier alpha value is -0.965. The highest BCUT2D eigenvalue weighted by molar-refractivity contribution is 6.17. The van der Waals surface area contributed by atoms with Gasteiger partial charge in [0.15, 0.2) is 0 Å². The van der Waals surface area contributed by atoms with Crippen LogP contribution in [-0.4, -0.2) is 22.5 Å². The molecule has 1 radical (unpaired) electrons. The summed E-state index contributed by atoms with van der Waals surface area (Å²) in [6.45, 7) is 0. The molecule has 1 aromatic heterocycles. The summed E-state index contributed by atoms with van der Waals surface area (Å²) >= 11 is 0. The lowest BCUT2D eigenvalue weighted by molar-refractivity contribution is 0.453. The van der Waals surface area contributed by atoms with Crippen LogP contribution in [0.5, 0.6) is 5.75 Å². The summed E-state index contributed by atoms with van der Waals surface area (Å²) < 4.78 is 6.16. The fourth-order valence-corrected chi connectivity index (χ4v) is 0.520. The summed E-state index contributed by atoms with van der Waals surface area (Å²) in [6, 6.07) is 0. The lowest BCUT2D eigenvalue weighted by Crippen LogP contribution is -1.98. The molecule has 0 unspecified atom stereocenters. The van der Waals surface area contributed by atoms with Crippen LogP contribution in [0.1, 0.15) is 0 Å². The Morgan fingerprint density at radius 3 is 3.11 bits per heavy atom. The number of aryl methyl sites for hydroxylation is 1. The average molecular weight is 125 g/mol. The Balaban J connectivity index is 2.61. The van der Waals surface area contributed by atoms with Crippen molar-refractivity contribution in [3.8, 4) is 5.75 Å². The number of nitrogens with zero attached hydrogens (tertiary/aromatic N) is 2. The van der Waals surface area contributed by atoms with Crippen molar-refractivity contribution in [3.05, 3.63) is 12.4 Å². The predicted molar refractivity (Wildman–Crippen MR) is 31.8 cm³/mol. The topological polar surface area (TPSA) is 47.3 Å². The van der Waals surface area contributed by atoms with Crippen molar-refractivity contribution in [1.29, 1.82) is 0 Å². The molecular formula is C4H6BN2O2. The first-order valence-corrected chi connectivity index (χ1v) is 2.44. The standard InChI is InChI=1S/C4H6BN2O2/c1-7-3-4(2-6-7)9-5-8/h2-3,8H,1H3. The van der Waals surface area contributed by atoms with Gasteiger partial charge >= 0.3 is 7.69 Å². The summed E-state index contributed by atoms with van der Waals surface area (Å²) in [7, 11) is 2.39. The Morgan fingerprint density at radius 1 is 1.89 bits per heavy atom. The second-order valence-corrected chi connectivity index (χ2v) is 1.57. The molecule has 1 heterocycles. The van der Waals surface area contributed by atoms with Gasteiger partial charge in [0.05, 0.1) is 12.4 Å². The molecule has 9 heavy (non-hydrogen) atoms. The quantitative estimate of drug-likeness (QED) is 0.533. The zero-order chi connectivity index (χ0) is 6.69. The summed E-state index contributed by atoms with van der Waals surface area (Å²) in [6.07, 6.45) is 3.15. The summed E-state index contributed by atoms with van der Waals surface area (Å²) in [4.78, 5) is 0. The van der Waals surface area contributed by atoms with E-state index in [9.17, 15) is 0 Å².